The molecule has 0 radical (unpaired) electrons. The van der Waals surface area contributed by atoms with Crippen LogP contribution in [0.1, 0.15) is 70.1 Å². The quantitative estimate of drug-likeness (QED) is 0.676. The summed E-state index contributed by atoms with van der Waals surface area (Å²) in [6, 6.07) is 2.21. The van der Waals surface area contributed by atoms with Gasteiger partial charge in [0, 0.05) is 17.8 Å². The zero-order chi connectivity index (χ0) is 12.5. The van der Waals surface area contributed by atoms with Gasteiger partial charge >= 0.3 is 0 Å². The van der Waals surface area contributed by atoms with E-state index in [-0.39, 0.29) is 0 Å². The molecule has 1 rings (SSSR count). The fraction of sp³-hybridized carbons (Fsp3) is 0.733. The average Bonchev–Trinajstić information content (AvgIpc) is 2.34. The predicted molar refractivity (Wildman–Crippen MR) is 73.3 cm³/mol. The van der Waals surface area contributed by atoms with Gasteiger partial charge in [0.05, 0.1) is 0 Å². The SMILES string of the molecule is CCCCc1cc(CCCC)nc(CCC)n1. The van der Waals surface area contributed by atoms with E-state index in [9.17, 15) is 0 Å². The third-order valence-corrected chi connectivity index (χ3v) is 2.93. The van der Waals surface area contributed by atoms with Crippen LogP contribution in [-0.2, 0) is 19.3 Å². The van der Waals surface area contributed by atoms with E-state index in [0.29, 0.717) is 0 Å². The Morgan fingerprint density at radius 3 is 1.71 bits per heavy atom. The molecule has 0 atom stereocenters. The zero-order valence-electron chi connectivity index (χ0n) is 11.6. The number of unbranched alkanes of at least 4 members (excludes halogenated alkanes) is 2. The Bertz CT molecular complexity index is 294. The second kappa shape index (κ2) is 8.21. The molecule has 0 aliphatic rings. The van der Waals surface area contributed by atoms with E-state index >= 15 is 0 Å². The van der Waals surface area contributed by atoms with E-state index in [1.54, 1.807) is 0 Å². The number of nitrogens with zero attached hydrogens (tertiary/aromatic N) is 2. The second-order valence-electron chi connectivity index (χ2n) is 4.72. The lowest BCUT2D eigenvalue weighted by Gasteiger charge is -2.07. The van der Waals surface area contributed by atoms with Gasteiger partial charge in [0.15, 0.2) is 0 Å². The Morgan fingerprint density at radius 1 is 0.765 bits per heavy atom. The summed E-state index contributed by atoms with van der Waals surface area (Å²) in [6.45, 7) is 6.64. The molecular weight excluding hydrogens is 208 g/mol. The van der Waals surface area contributed by atoms with Crippen LogP contribution in [0, 0.1) is 0 Å². The second-order valence-corrected chi connectivity index (χ2v) is 4.72. The molecule has 96 valence electrons. The molecule has 0 amide bonds. The first-order chi connectivity index (χ1) is 8.30. The molecule has 1 heterocycles. The van der Waals surface area contributed by atoms with Crippen LogP contribution in [0.25, 0.3) is 0 Å². The number of hydrogen-bond donors (Lipinski definition) is 0. The maximum Gasteiger partial charge on any atom is 0.128 e. The van der Waals surface area contributed by atoms with Crippen molar-refractivity contribution in [1.82, 2.24) is 9.97 Å². The summed E-state index contributed by atoms with van der Waals surface area (Å²) in [6.07, 6.45) is 9.29. The van der Waals surface area contributed by atoms with Crippen LogP contribution in [0.2, 0.25) is 0 Å². The molecule has 0 N–H and O–H groups in total. The van der Waals surface area contributed by atoms with Crippen molar-refractivity contribution in [3.63, 3.8) is 0 Å². The van der Waals surface area contributed by atoms with Gasteiger partial charge in [-0.25, -0.2) is 9.97 Å². The molecule has 1 aromatic heterocycles. The number of aromatic nitrogens is 2. The van der Waals surface area contributed by atoms with E-state index in [4.69, 9.17) is 0 Å². The first kappa shape index (κ1) is 14.1. The Balaban J connectivity index is 2.76. The number of aryl methyl sites for hydroxylation is 3. The minimum atomic E-state index is 1.01. The lowest BCUT2D eigenvalue weighted by Crippen LogP contribution is -2.04. The highest BCUT2D eigenvalue weighted by molar-refractivity contribution is 5.12. The predicted octanol–water partition coefficient (Wildman–Crippen LogP) is 4.11. The van der Waals surface area contributed by atoms with Crippen molar-refractivity contribution in [3.05, 3.63) is 23.3 Å². The lowest BCUT2D eigenvalue weighted by atomic mass is 10.1. The lowest BCUT2D eigenvalue weighted by molar-refractivity contribution is 0.719. The summed E-state index contributed by atoms with van der Waals surface area (Å²) in [7, 11) is 0. The van der Waals surface area contributed by atoms with Gasteiger partial charge in [-0.15, -0.1) is 0 Å². The van der Waals surface area contributed by atoms with Crippen molar-refractivity contribution < 1.29 is 0 Å². The van der Waals surface area contributed by atoms with Gasteiger partial charge in [-0.3, -0.25) is 0 Å². The summed E-state index contributed by atoms with van der Waals surface area (Å²) >= 11 is 0. The van der Waals surface area contributed by atoms with Crippen LogP contribution in [-0.4, -0.2) is 9.97 Å². The Kier molecular flexibility index (Phi) is 6.83. The van der Waals surface area contributed by atoms with Crippen LogP contribution in [0.5, 0.6) is 0 Å². The summed E-state index contributed by atoms with van der Waals surface area (Å²) in [4.78, 5) is 9.32. The topological polar surface area (TPSA) is 25.8 Å². The van der Waals surface area contributed by atoms with E-state index in [1.165, 1.54) is 37.1 Å². The fourth-order valence-corrected chi connectivity index (χ4v) is 1.92. The first-order valence-corrected chi connectivity index (χ1v) is 7.15. The highest BCUT2D eigenvalue weighted by atomic mass is 14.9. The van der Waals surface area contributed by atoms with Crippen LogP contribution in [0.15, 0.2) is 6.07 Å². The smallest absolute Gasteiger partial charge is 0.128 e. The monoisotopic (exact) mass is 234 g/mol. The maximum atomic E-state index is 4.66. The Hall–Kier alpha value is -0.920. The largest absolute Gasteiger partial charge is 0.238 e. The van der Waals surface area contributed by atoms with E-state index in [0.717, 1.165) is 31.5 Å². The van der Waals surface area contributed by atoms with E-state index in [2.05, 4.69) is 36.8 Å². The molecule has 0 unspecified atom stereocenters. The molecule has 2 heteroatoms. The molecule has 0 spiro atoms. The Labute approximate surface area is 106 Å². The minimum absolute atomic E-state index is 1.01. The molecule has 2 nitrogen and oxygen atoms in total. The fourth-order valence-electron chi connectivity index (χ4n) is 1.92. The van der Waals surface area contributed by atoms with Crippen molar-refractivity contribution in [3.8, 4) is 0 Å². The molecule has 0 fully saturated rings. The molecule has 0 saturated heterocycles. The molecule has 1 aromatic rings. The van der Waals surface area contributed by atoms with Crippen LogP contribution >= 0.6 is 0 Å². The summed E-state index contributed by atoms with van der Waals surface area (Å²) in [5.74, 6) is 1.05. The Morgan fingerprint density at radius 2 is 1.29 bits per heavy atom. The van der Waals surface area contributed by atoms with Crippen molar-refractivity contribution in [2.24, 2.45) is 0 Å². The molecule has 0 bridgehead atoms. The highest BCUT2D eigenvalue weighted by Gasteiger charge is 2.04. The maximum absolute atomic E-state index is 4.66. The van der Waals surface area contributed by atoms with Crippen molar-refractivity contribution in [1.29, 1.82) is 0 Å². The normalized spacial score (nSPS) is 10.8. The molecule has 0 saturated carbocycles. The van der Waals surface area contributed by atoms with Gasteiger partial charge in [0.25, 0.3) is 0 Å². The molecule has 0 aromatic carbocycles. The van der Waals surface area contributed by atoms with Gasteiger partial charge in [0.1, 0.15) is 5.82 Å². The van der Waals surface area contributed by atoms with Crippen LogP contribution < -0.4 is 0 Å². The molecule has 0 aliphatic heterocycles. The van der Waals surface area contributed by atoms with Gasteiger partial charge < -0.3 is 0 Å². The first-order valence-electron chi connectivity index (χ1n) is 7.15. The van der Waals surface area contributed by atoms with Crippen molar-refractivity contribution in [2.75, 3.05) is 0 Å². The van der Waals surface area contributed by atoms with Crippen LogP contribution in [0.4, 0.5) is 0 Å². The summed E-state index contributed by atoms with van der Waals surface area (Å²) < 4.78 is 0. The zero-order valence-corrected chi connectivity index (χ0v) is 11.6. The third kappa shape index (κ3) is 5.29. The number of hydrogen-bond acceptors (Lipinski definition) is 2. The van der Waals surface area contributed by atoms with E-state index < -0.39 is 0 Å². The van der Waals surface area contributed by atoms with Gasteiger partial charge in [-0.2, -0.15) is 0 Å². The average molecular weight is 234 g/mol. The van der Waals surface area contributed by atoms with Gasteiger partial charge in [-0.1, -0.05) is 33.6 Å². The van der Waals surface area contributed by atoms with Crippen LogP contribution in [0.3, 0.4) is 0 Å². The third-order valence-electron chi connectivity index (χ3n) is 2.93. The van der Waals surface area contributed by atoms with Crippen molar-refractivity contribution >= 4 is 0 Å². The molecule has 0 aliphatic carbocycles. The van der Waals surface area contributed by atoms with Crippen molar-refractivity contribution in [2.45, 2.75) is 72.1 Å². The molecular formula is C15H26N2. The van der Waals surface area contributed by atoms with Gasteiger partial charge in [0.2, 0.25) is 0 Å². The standard InChI is InChI=1S/C15H26N2/c1-4-7-10-13-12-14(11-8-5-2)17-15(16-13)9-6-3/h12H,4-11H2,1-3H3. The summed E-state index contributed by atoms with van der Waals surface area (Å²) in [5.41, 5.74) is 2.49. The minimum Gasteiger partial charge on any atom is -0.238 e. The molecule has 17 heavy (non-hydrogen) atoms. The summed E-state index contributed by atoms with van der Waals surface area (Å²) in [5, 5.41) is 0. The highest BCUT2D eigenvalue weighted by Crippen LogP contribution is 2.09. The number of rotatable bonds is 8. The van der Waals surface area contributed by atoms with E-state index in [1.807, 2.05) is 0 Å². The van der Waals surface area contributed by atoms with Gasteiger partial charge in [-0.05, 0) is 38.2 Å².